The number of fused-ring (bicyclic) bond motifs is 2. The minimum Gasteiger partial charge on any atom is -0.319 e. The van der Waals surface area contributed by atoms with Crippen molar-refractivity contribution in [2.24, 2.45) is 5.92 Å². The van der Waals surface area contributed by atoms with E-state index in [1.165, 1.54) is 4.90 Å². The van der Waals surface area contributed by atoms with Gasteiger partial charge in [0.1, 0.15) is 5.54 Å². The number of hydrogen-bond acceptors (Lipinski definition) is 5. The van der Waals surface area contributed by atoms with Crippen molar-refractivity contribution in [2.45, 2.75) is 57.5 Å². The van der Waals surface area contributed by atoms with Gasteiger partial charge >= 0.3 is 6.03 Å². The number of amides is 3. The predicted octanol–water partition coefficient (Wildman–Crippen LogP) is 2.26. The summed E-state index contributed by atoms with van der Waals surface area (Å²) in [5.74, 6) is 0.347. The third kappa shape index (κ3) is 3.87. The van der Waals surface area contributed by atoms with Crippen LogP contribution >= 0.6 is 0 Å². The van der Waals surface area contributed by atoms with Gasteiger partial charge in [-0.05, 0) is 49.1 Å². The number of carbonyl (C=O) groups is 2. The van der Waals surface area contributed by atoms with Gasteiger partial charge in [0.15, 0.2) is 9.84 Å². The molecule has 30 heavy (non-hydrogen) atoms. The molecule has 1 aromatic carbocycles. The van der Waals surface area contributed by atoms with Crippen molar-refractivity contribution >= 4 is 21.8 Å². The van der Waals surface area contributed by atoms with Gasteiger partial charge in [0.05, 0.1) is 18.2 Å². The molecule has 7 nitrogen and oxygen atoms in total. The van der Waals surface area contributed by atoms with E-state index in [1.807, 2.05) is 29.2 Å². The van der Waals surface area contributed by atoms with Gasteiger partial charge in [0, 0.05) is 12.6 Å². The van der Waals surface area contributed by atoms with Crippen LogP contribution in [-0.4, -0.2) is 60.9 Å². The quantitative estimate of drug-likeness (QED) is 0.720. The lowest BCUT2D eigenvalue weighted by Gasteiger charge is -2.33. The number of carbonyl (C=O) groups excluding carboxylic acids is 2. The van der Waals surface area contributed by atoms with E-state index < -0.39 is 15.4 Å². The molecule has 4 rings (SSSR count). The Morgan fingerprint density at radius 2 is 2.00 bits per heavy atom. The summed E-state index contributed by atoms with van der Waals surface area (Å²) in [6.45, 7) is 4.89. The van der Waals surface area contributed by atoms with Crippen LogP contribution in [-0.2, 0) is 26.6 Å². The highest BCUT2D eigenvalue weighted by atomic mass is 32.2. The summed E-state index contributed by atoms with van der Waals surface area (Å²) in [6.07, 6.45) is 3.90. The second-order valence-corrected chi connectivity index (χ2v) is 11.5. The zero-order valence-electron chi connectivity index (χ0n) is 17.8. The molecular formula is C22H31N3O4S. The first-order valence-electron chi connectivity index (χ1n) is 10.9. The number of aryl methyl sites for hydroxylation is 1. The molecule has 2 aliphatic heterocycles. The zero-order chi connectivity index (χ0) is 21.5. The SMILES string of the molecule is CC(C)CN(CN1C(=O)NC2(CCCCc3ccccc32)C1=O)C1CCS(=O)(=O)C1. The van der Waals surface area contributed by atoms with Gasteiger partial charge in [-0.25, -0.2) is 18.1 Å². The van der Waals surface area contributed by atoms with Gasteiger partial charge in [-0.1, -0.05) is 38.1 Å². The van der Waals surface area contributed by atoms with Crippen molar-refractivity contribution in [1.82, 2.24) is 15.1 Å². The molecule has 0 aromatic heterocycles. The molecule has 2 atom stereocenters. The van der Waals surface area contributed by atoms with Crippen LogP contribution in [0.4, 0.5) is 4.79 Å². The van der Waals surface area contributed by atoms with Gasteiger partial charge in [-0.15, -0.1) is 0 Å². The molecule has 2 saturated heterocycles. The number of urea groups is 1. The molecular weight excluding hydrogens is 402 g/mol. The number of nitrogens with one attached hydrogen (secondary N) is 1. The molecule has 2 heterocycles. The van der Waals surface area contributed by atoms with Gasteiger partial charge in [0.25, 0.3) is 5.91 Å². The largest absolute Gasteiger partial charge is 0.326 e. The van der Waals surface area contributed by atoms with Crippen LogP contribution in [0, 0.1) is 5.92 Å². The van der Waals surface area contributed by atoms with Crippen LogP contribution in [0.15, 0.2) is 24.3 Å². The molecule has 1 aliphatic carbocycles. The van der Waals surface area contributed by atoms with Gasteiger partial charge in [0.2, 0.25) is 0 Å². The monoisotopic (exact) mass is 433 g/mol. The van der Waals surface area contributed by atoms with Crippen LogP contribution in [0.3, 0.4) is 0 Å². The predicted molar refractivity (Wildman–Crippen MR) is 115 cm³/mol. The average molecular weight is 434 g/mol. The Labute approximate surface area is 178 Å². The maximum atomic E-state index is 13.7. The van der Waals surface area contributed by atoms with Gasteiger partial charge in [-0.2, -0.15) is 0 Å². The third-order valence-electron chi connectivity index (χ3n) is 6.55. The fourth-order valence-corrected chi connectivity index (χ4v) is 6.90. The van der Waals surface area contributed by atoms with Gasteiger partial charge in [-0.3, -0.25) is 9.69 Å². The Bertz CT molecular complexity index is 945. The Balaban J connectivity index is 1.62. The highest BCUT2D eigenvalue weighted by Crippen LogP contribution is 2.39. The fourth-order valence-electron chi connectivity index (χ4n) is 5.14. The minimum absolute atomic E-state index is 0.0946. The summed E-state index contributed by atoms with van der Waals surface area (Å²) < 4.78 is 24.1. The molecule has 1 spiro atoms. The number of sulfone groups is 1. The van der Waals surface area contributed by atoms with Crippen molar-refractivity contribution < 1.29 is 18.0 Å². The summed E-state index contributed by atoms with van der Waals surface area (Å²) >= 11 is 0. The van der Waals surface area contributed by atoms with Crippen LogP contribution in [0.2, 0.25) is 0 Å². The molecule has 0 saturated carbocycles. The van der Waals surface area contributed by atoms with Crippen LogP contribution in [0.25, 0.3) is 0 Å². The number of rotatable bonds is 5. The first-order valence-corrected chi connectivity index (χ1v) is 12.7. The highest BCUT2D eigenvalue weighted by molar-refractivity contribution is 7.91. The van der Waals surface area contributed by atoms with Crippen molar-refractivity contribution in [1.29, 1.82) is 0 Å². The van der Waals surface area contributed by atoms with Crippen molar-refractivity contribution in [3.8, 4) is 0 Å². The number of nitrogens with zero attached hydrogens (tertiary/aromatic N) is 2. The molecule has 0 radical (unpaired) electrons. The molecule has 2 fully saturated rings. The van der Waals surface area contributed by atoms with Crippen molar-refractivity contribution in [3.05, 3.63) is 35.4 Å². The Morgan fingerprint density at radius 1 is 1.23 bits per heavy atom. The molecule has 1 N–H and O–H groups in total. The van der Waals surface area contributed by atoms with Gasteiger partial charge < -0.3 is 5.32 Å². The summed E-state index contributed by atoms with van der Waals surface area (Å²) in [4.78, 5) is 30.0. The molecule has 2 unspecified atom stereocenters. The fraction of sp³-hybridized carbons (Fsp3) is 0.636. The molecule has 3 aliphatic rings. The Kier molecular flexibility index (Phi) is 5.66. The number of hydrogen-bond donors (Lipinski definition) is 1. The van der Waals surface area contributed by atoms with E-state index in [1.54, 1.807) is 0 Å². The van der Waals surface area contributed by atoms with E-state index in [4.69, 9.17) is 0 Å². The Hall–Kier alpha value is -1.93. The van der Waals surface area contributed by atoms with E-state index in [-0.39, 0.29) is 36.2 Å². The summed E-state index contributed by atoms with van der Waals surface area (Å²) in [5.41, 5.74) is 1.02. The van der Waals surface area contributed by atoms with Crippen molar-refractivity contribution in [3.63, 3.8) is 0 Å². The molecule has 3 amide bonds. The normalized spacial score (nSPS) is 28.3. The average Bonchev–Trinajstić information content (AvgIpc) is 3.08. The van der Waals surface area contributed by atoms with Crippen molar-refractivity contribution in [2.75, 3.05) is 24.7 Å². The van der Waals surface area contributed by atoms with E-state index in [9.17, 15) is 18.0 Å². The smallest absolute Gasteiger partial charge is 0.319 e. The lowest BCUT2D eigenvalue weighted by molar-refractivity contribution is -0.133. The molecule has 164 valence electrons. The highest BCUT2D eigenvalue weighted by Gasteiger charge is 2.53. The second-order valence-electron chi connectivity index (χ2n) is 9.30. The van der Waals surface area contributed by atoms with Crippen LogP contribution < -0.4 is 5.32 Å². The molecule has 8 heteroatoms. The third-order valence-corrected chi connectivity index (χ3v) is 8.30. The number of benzene rings is 1. The minimum atomic E-state index is -3.05. The van der Waals surface area contributed by atoms with Crippen LogP contribution in [0.1, 0.15) is 50.7 Å². The van der Waals surface area contributed by atoms with E-state index in [0.717, 1.165) is 30.4 Å². The lowest BCUT2D eigenvalue weighted by atomic mass is 9.84. The standard InChI is InChI=1S/C22H31N3O4S/c1-16(2)13-24(18-10-12-30(28,29)14-18)15-25-20(26)22(23-21(25)27)11-6-5-8-17-7-3-4-9-19(17)22/h3-4,7,9,16,18H,5-6,8,10-15H2,1-2H3,(H,23,27). The molecule has 1 aromatic rings. The second kappa shape index (κ2) is 7.96. The topological polar surface area (TPSA) is 86.8 Å². The maximum absolute atomic E-state index is 13.7. The maximum Gasteiger partial charge on any atom is 0.326 e. The van der Waals surface area contributed by atoms with Crippen LogP contribution in [0.5, 0.6) is 0 Å². The molecule has 0 bridgehead atoms. The van der Waals surface area contributed by atoms with E-state index in [0.29, 0.717) is 25.3 Å². The lowest BCUT2D eigenvalue weighted by Crippen LogP contribution is -2.49. The first-order chi connectivity index (χ1) is 14.2. The number of imide groups is 1. The van der Waals surface area contributed by atoms with E-state index >= 15 is 0 Å². The van der Waals surface area contributed by atoms with E-state index in [2.05, 4.69) is 19.2 Å². The summed E-state index contributed by atoms with van der Waals surface area (Å²) in [6, 6.07) is 7.35. The summed E-state index contributed by atoms with van der Waals surface area (Å²) in [5, 5.41) is 3.02. The summed E-state index contributed by atoms with van der Waals surface area (Å²) in [7, 11) is -3.05. The Morgan fingerprint density at radius 3 is 2.70 bits per heavy atom. The zero-order valence-corrected chi connectivity index (χ0v) is 18.6. The first kappa shape index (κ1) is 21.3.